The van der Waals surface area contributed by atoms with Gasteiger partial charge in [0.15, 0.2) is 5.82 Å². The van der Waals surface area contributed by atoms with Crippen molar-refractivity contribution in [3.05, 3.63) is 77.1 Å². The van der Waals surface area contributed by atoms with E-state index in [1.165, 1.54) is 35.0 Å². The van der Waals surface area contributed by atoms with Crippen molar-refractivity contribution < 1.29 is 22.4 Å². The Bertz CT molecular complexity index is 981. The number of alkyl halides is 3. The van der Waals surface area contributed by atoms with Gasteiger partial charge >= 0.3 is 6.18 Å². The second-order valence-corrected chi connectivity index (χ2v) is 5.85. The molecule has 0 spiro atoms. The lowest BCUT2D eigenvalue weighted by Crippen LogP contribution is -2.14. The van der Waals surface area contributed by atoms with E-state index in [1.54, 1.807) is 6.07 Å². The molecule has 9 heteroatoms. The maximum atomic E-state index is 13.6. The van der Waals surface area contributed by atoms with E-state index in [9.17, 15) is 22.4 Å². The molecule has 3 aromatic rings. The lowest BCUT2D eigenvalue weighted by Gasteiger charge is -2.09. The van der Waals surface area contributed by atoms with Gasteiger partial charge < -0.3 is 5.73 Å². The number of nitrogens with two attached hydrogens (primary N) is 1. The Morgan fingerprint density at radius 3 is 2.52 bits per heavy atom. The van der Waals surface area contributed by atoms with Gasteiger partial charge in [0.05, 0.1) is 17.7 Å². The van der Waals surface area contributed by atoms with Crippen molar-refractivity contribution in [3.8, 4) is 5.69 Å². The molecule has 0 aliphatic heterocycles. The van der Waals surface area contributed by atoms with Gasteiger partial charge in [0.25, 0.3) is 0 Å². The monoisotopic (exact) mass is 378 g/mol. The molecule has 1 aromatic heterocycles. The molecule has 5 nitrogen and oxygen atoms in total. The fourth-order valence-electron chi connectivity index (χ4n) is 2.59. The molecule has 0 aliphatic rings. The number of rotatable bonds is 5. The van der Waals surface area contributed by atoms with E-state index >= 15 is 0 Å². The van der Waals surface area contributed by atoms with Gasteiger partial charge in [0.2, 0.25) is 5.91 Å². The Morgan fingerprint density at radius 1 is 1.11 bits per heavy atom. The standard InChI is InChI=1S/C18H14F4N4O/c19-13-5-2-6-14(9-13)26-17(24-16(25-26)10-15(23)27)8-11-3-1-4-12(7-11)18(20,21)22/h1-7,9H,8,10H2,(H2,23,27). The summed E-state index contributed by atoms with van der Waals surface area (Å²) in [6, 6.07) is 10.3. The number of hydrogen-bond acceptors (Lipinski definition) is 3. The Kier molecular flexibility index (Phi) is 4.93. The molecule has 27 heavy (non-hydrogen) atoms. The van der Waals surface area contributed by atoms with Crippen LogP contribution in [0.4, 0.5) is 17.6 Å². The van der Waals surface area contributed by atoms with E-state index in [2.05, 4.69) is 10.1 Å². The SMILES string of the molecule is NC(=O)Cc1nc(Cc2cccc(C(F)(F)F)c2)n(-c2cccc(F)c2)n1. The fourth-order valence-corrected chi connectivity index (χ4v) is 2.59. The molecule has 0 bridgehead atoms. The van der Waals surface area contributed by atoms with Crippen molar-refractivity contribution >= 4 is 5.91 Å². The number of halogens is 4. The number of carbonyl (C=O) groups excluding carboxylic acids is 1. The summed E-state index contributed by atoms with van der Waals surface area (Å²) in [5, 5.41) is 4.14. The van der Waals surface area contributed by atoms with E-state index < -0.39 is 23.5 Å². The minimum Gasteiger partial charge on any atom is -0.369 e. The van der Waals surface area contributed by atoms with Crippen molar-refractivity contribution in [2.75, 3.05) is 0 Å². The highest BCUT2D eigenvalue weighted by Crippen LogP contribution is 2.30. The fraction of sp³-hybridized carbons (Fsp3) is 0.167. The van der Waals surface area contributed by atoms with Gasteiger partial charge in [-0.15, -0.1) is 0 Å². The van der Waals surface area contributed by atoms with Crippen molar-refractivity contribution in [3.63, 3.8) is 0 Å². The van der Waals surface area contributed by atoms with Crippen LogP contribution in [0.2, 0.25) is 0 Å². The third kappa shape index (κ3) is 4.49. The first-order valence-electron chi connectivity index (χ1n) is 7.87. The topological polar surface area (TPSA) is 73.8 Å². The molecule has 0 atom stereocenters. The summed E-state index contributed by atoms with van der Waals surface area (Å²) in [7, 11) is 0. The van der Waals surface area contributed by atoms with E-state index in [1.807, 2.05) is 0 Å². The molecule has 2 aromatic carbocycles. The molecule has 0 fully saturated rings. The zero-order valence-electron chi connectivity index (χ0n) is 13.9. The first kappa shape index (κ1) is 18.6. The summed E-state index contributed by atoms with van der Waals surface area (Å²) in [4.78, 5) is 15.3. The predicted octanol–water partition coefficient (Wildman–Crippen LogP) is 3.04. The second-order valence-electron chi connectivity index (χ2n) is 5.85. The molecule has 1 amide bonds. The van der Waals surface area contributed by atoms with Crippen LogP contribution in [0.5, 0.6) is 0 Å². The second kappa shape index (κ2) is 7.18. The van der Waals surface area contributed by atoms with Gasteiger partial charge in [-0.2, -0.15) is 18.3 Å². The molecule has 0 unspecified atom stereocenters. The Balaban J connectivity index is 2.01. The maximum absolute atomic E-state index is 13.6. The van der Waals surface area contributed by atoms with Crippen LogP contribution in [0.25, 0.3) is 5.69 Å². The minimum atomic E-state index is -4.47. The number of hydrogen-bond donors (Lipinski definition) is 1. The van der Waals surface area contributed by atoms with Crippen LogP contribution < -0.4 is 5.73 Å². The average molecular weight is 378 g/mol. The van der Waals surface area contributed by atoms with Crippen LogP contribution in [-0.2, 0) is 23.8 Å². The largest absolute Gasteiger partial charge is 0.416 e. The summed E-state index contributed by atoms with van der Waals surface area (Å²) < 4.78 is 53.6. The summed E-state index contributed by atoms with van der Waals surface area (Å²) in [6.07, 6.45) is -4.70. The molecule has 2 N–H and O–H groups in total. The number of nitrogens with zero attached hydrogens (tertiary/aromatic N) is 3. The number of primary amides is 1. The van der Waals surface area contributed by atoms with E-state index in [-0.39, 0.29) is 24.5 Å². The smallest absolute Gasteiger partial charge is 0.369 e. The lowest BCUT2D eigenvalue weighted by molar-refractivity contribution is -0.137. The summed E-state index contributed by atoms with van der Waals surface area (Å²) in [5.74, 6) is -0.800. The van der Waals surface area contributed by atoms with E-state index in [0.717, 1.165) is 12.1 Å². The number of benzene rings is 2. The molecular weight excluding hydrogens is 364 g/mol. The van der Waals surface area contributed by atoms with Crippen molar-refractivity contribution in [1.29, 1.82) is 0 Å². The zero-order valence-corrected chi connectivity index (χ0v) is 13.9. The Morgan fingerprint density at radius 2 is 1.85 bits per heavy atom. The van der Waals surface area contributed by atoms with Gasteiger partial charge in [-0.3, -0.25) is 4.79 Å². The quantitative estimate of drug-likeness (QED) is 0.694. The molecule has 0 saturated carbocycles. The van der Waals surface area contributed by atoms with Crippen LogP contribution in [0.1, 0.15) is 22.8 Å². The normalized spacial score (nSPS) is 11.6. The minimum absolute atomic E-state index is 0.00615. The van der Waals surface area contributed by atoms with E-state index in [4.69, 9.17) is 5.73 Å². The van der Waals surface area contributed by atoms with Gasteiger partial charge in [-0.1, -0.05) is 24.3 Å². The van der Waals surface area contributed by atoms with Crippen molar-refractivity contribution in [2.45, 2.75) is 19.0 Å². The first-order valence-corrected chi connectivity index (χ1v) is 7.87. The number of aromatic nitrogens is 3. The van der Waals surface area contributed by atoms with Gasteiger partial charge in [0.1, 0.15) is 11.6 Å². The molecule has 3 rings (SSSR count). The Labute approximate surface area is 151 Å². The van der Waals surface area contributed by atoms with Gasteiger partial charge in [0, 0.05) is 6.42 Å². The van der Waals surface area contributed by atoms with Crippen molar-refractivity contribution in [1.82, 2.24) is 14.8 Å². The number of amides is 1. The third-order valence-corrected chi connectivity index (χ3v) is 3.72. The lowest BCUT2D eigenvalue weighted by atomic mass is 10.1. The molecule has 140 valence electrons. The van der Waals surface area contributed by atoms with Crippen LogP contribution in [0, 0.1) is 5.82 Å². The van der Waals surface area contributed by atoms with Crippen LogP contribution in [0.15, 0.2) is 48.5 Å². The molecule has 0 saturated heterocycles. The molecule has 1 heterocycles. The highest BCUT2D eigenvalue weighted by atomic mass is 19.4. The van der Waals surface area contributed by atoms with Crippen LogP contribution in [0.3, 0.4) is 0 Å². The van der Waals surface area contributed by atoms with E-state index in [0.29, 0.717) is 11.3 Å². The van der Waals surface area contributed by atoms with Gasteiger partial charge in [-0.25, -0.2) is 14.1 Å². The zero-order chi connectivity index (χ0) is 19.6. The molecule has 0 aliphatic carbocycles. The highest BCUT2D eigenvalue weighted by molar-refractivity contribution is 5.75. The molecular formula is C18H14F4N4O. The number of carbonyl (C=O) groups is 1. The van der Waals surface area contributed by atoms with Crippen molar-refractivity contribution in [2.24, 2.45) is 5.73 Å². The summed E-state index contributed by atoms with van der Waals surface area (Å²) in [5.41, 5.74) is 5.05. The average Bonchev–Trinajstić information content (AvgIpc) is 2.96. The maximum Gasteiger partial charge on any atom is 0.416 e. The molecule has 0 radical (unpaired) electrons. The summed E-state index contributed by atoms with van der Waals surface area (Å²) >= 11 is 0. The highest BCUT2D eigenvalue weighted by Gasteiger charge is 2.30. The first-order chi connectivity index (χ1) is 12.7. The van der Waals surface area contributed by atoms with Gasteiger partial charge in [-0.05, 0) is 29.8 Å². The predicted molar refractivity (Wildman–Crippen MR) is 88.5 cm³/mol. The summed E-state index contributed by atoms with van der Waals surface area (Å²) in [6.45, 7) is 0. The van der Waals surface area contributed by atoms with Crippen LogP contribution >= 0.6 is 0 Å². The Hall–Kier alpha value is -3.23. The third-order valence-electron chi connectivity index (χ3n) is 3.72. The van der Waals surface area contributed by atoms with Crippen LogP contribution in [-0.4, -0.2) is 20.7 Å².